The van der Waals surface area contributed by atoms with Gasteiger partial charge in [0.05, 0.1) is 75.2 Å². The molecule has 382 valence electrons. The van der Waals surface area contributed by atoms with Crippen molar-refractivity contribution < 1.29 is 87.7 Å². The maximum atomic E-state index is 12.6. The number of aliphatic hydroxyl groups excluding tert-OH is 6. The molecule has 6 rings (SSSR count). The molecule has 4 aliphatic rings. The average Bonchev–Trinajstić information content (AvgIpc) is 3.37. The van der Waals surface area contributed by atoms with E-state index in [0.29, 0.717) is 45.3 Å². The summed E-state index contributed by atoms with van der Waals surface area (Å²) in [5.41, 5.74) is 2.59. The van der Waals surface area contributed by atoms with Gasteiger partial charge in [-0.25, -0.2) is 19.2 Å². The second-order valence-corrected chi connectivity index (χ2v) is 16.5. The molecule has 2 heterocycles. The molecule has 2 aromatic rings. The van der Waals surface area contributed by atoms with Crippen LogP contribution in [0.1, 0.15) is 43.7 Å². The van der Waals surface area contributed by atoms with Crippen LogP contribution in [0.3, 0.4) is 0 Å². The van der Waals surface area contributed by atoms with E-state index < -0.39 is 60.5 Å². The summed E-state index contributed by atoms with van der Waals surface area (Å²) in [4.78, 5) is 47.6. The van der Waals surface area contributed by atoms with Gasteiger partial charge in [0, 0.05) is 49.2 Å². The van der Waals surface area contributed by atoms with Crippen LogP contribution in [0.2, 0.25) is 0 Å². The maximum Gasteiger partial charge on any atom is 0.339 e. The normalized spacial score (nSPS) is 20.4. The molecule has 71 heavy (non-hydrogen) atoms. The molecule has 6 N–H and O–H groups in total. The Bertz CT molecular complexity index is 2320. The number of hydrogen-bond acceptors (Lipinski definition) is 18. The fourth-order valence-electron chi connectivity index (χ4n) is 7.22. The van der Waals surface area contributed by atoms with Crippen molar-refractivity contribution in [1.82, 2.24) is 0 Å². The number of esters is 4. The standard InChI is InChI=1S/C27H32O9.C26H30O9/c1-17(2)26(31)35-13-10-24(30)23(29)9-12-33-21-8-5-19-15-22(27(32)36-25(19)16-21)18-3-6-20(7-4-18)34-14-11-28;1-2-25(30)34-13-10-23(29)22(28)9-12-32-20-8-5-18-15-21(26(31)35-24(18)16-20)17-3-6-19(7-4-17)33-14-11-27/h3-8,15-16,19,23-25,28-30H,1,9-14H2,2H3;2-8,15-16,18,22-24,27-29H,1,9-14H2. The van der Waals surface area contributed by atoms with E-state index in [2.05, 4.69) is 13.2 Å². The maximum absolute atomic E-state index is 12.6. The smallest absolute Gasteiger partial charge is 0.339 e. The van der Waals surface area contributed by atoms with Gasteiger partial charge in [0.1, 0.15) is 48.4 Å². The third-order valence-electron chi connectivity index (χ3n) is 11.1. The Balaban J connectivity index is 0.000000264. The number of benzene rings is 2. The van der Waals surface area contributed by atoms with Crippen LogP contribution < -0.4 is 9.47 Å². The Morgan fingerprint density at radius 1 is 0.592 bits per heavy atom. The predicted molar refractivity (Wildman–Crippen MR) is 257 cm³/mol. The van der Waals surface area contributed by atoms with Crippen molar-refractivity contribution in [3.8, 4) is 11.5 Å². The van der Waals surface area contributed by atoms with Gasteiger partial charge in [-0.2, -0.15) is 0 Å². The number of allylic oxidation sites excluding steroid dienone is 2. The van der Waals surface area contributed by atoms with Gasteiger partial charge >= 0.3 is 23.9 Å². The Morgan fingerprint density at radius 3 is 1.37 bits per heavy atom. The molecule has 0 saturated carbocycles. The highest BCUT2D eigenvalue weighted by Crippen LogP contribution is 2.34. The lowest BCUT2D eigenvalue weighted by Gasteiger charge is -2.29. The second-order valence-electron chi connectivity index (χ2n) is 16.5. The molecule has 2 aliphatic carbocycles. The van der Waals surface area contributed by atoms with Gasteiger partial charge in [-0.3, -0.25) is 0 Å². The summed E-state index contributed by atoms with van der Waals surface area (Å²) in [6.07, 6.45) is 10.7. The van der Waals surface area contributed by atoms with Crippen molar-refractivity contribution >= 4 is 35.0 Å². The van der Waals surface area contributed by atoms with Crippen LogP contribution in [0.5, 0.6) is 11.5 Å². The van der Waals surface area contributed by atoms with Gasteiger partial charge < -0.3 is 68.5 Å². The van der Waals surface area contributed by atoms with E-state index in [0.717, 1.165) is 6.08 Å². The second kappa shape index (κ2) is 28.1. The molecule has 0 amide bonds. The molecule has 2 aromatic carbocycles. The van der Waals surface area contributed by atoms with E-state index in [9.17, 15) is 39.6 Å². The van der Waals surface area contributed by atoms with Crippen molar-refractivity contribution in [2.45, 2.75) is 69.2 Å². The van der Waals surface area contributed by atoms with Crippen LogP contribution in [0.25, 0.3) is 11.1 Å². The Morgan fingerprint density at radius 2 is 0.986 bits per heavy atom. The molecular weight excluding hydrogens is 925 g/mol. The Hall–Kier alpha value is -6.80. The zero-order valence-corrected chi connectivity index (χ0v) is 39.4. The molecule has 18 heteroatoms. The topological polar surface area (TPSA) is 263 Å². The monoisotopic (exact) mass is 986 g/mol. The molecule has 0 saturated heterocycles. The highest BCUT2D eigenvalue weighted by molar-refractivity contribution is 6.18. The van der Waals surface area contributed by atoms with Gasteiger partial charge in [-0.15, -0.1) is 0 Å². The average molecular weight is 987 g/mol. The highest BCUT2D eigenvalue weighted by atomic mass is 16.6. The minimum atomic E-state index is -1.06. The number of carbonyl (C=O) groups excluding carboxylic acids is 4. The zero-order valence-electron chi connectivity index (χ0n) is 39.4. The van der Waals surface area contributed by atoms with E-state index in [1.165, 1.54) is 6.92 Å². The molecule has 2 aliphatic heterocycles. The molecule has 0 fully saturated rings. The first-order chi connectivity index (χ1) is 34.2. The molecule has 8 unspecified atom stereocenters. The number of hydrogen-bond donors (Lipinski definition) is 6. The van der Waals surface area contributed by atoms with Gasteiger partial charge in [0.15, 0.2) is 0 Å². The summed E-state index contributed by atoms with van der Waals surface area (Å²) in [6, 6.07) is 14.0. The van der Waals surface area contributed by atoms with E-state index >= 15 is 0 Å². The van der Waals surface area contributed by atoms with Gasteiger partial charge in [0.2, 0.25) is 0 Å². The highest BCUT2D eigenvalue weighted by Gasteiger charge is 2.33. The van der Waals surface area contributed by atoms with Crippen molar-refractivity contribution in [2.24, 2.45) is 11.8 Å². The van der Waals surface area contributed by atoms with Crippen LogP contribution in [0.4, 0.5) is 0 Å². The Labute approximate surface area is 411 Å². The number of rotatable bonds is 26. The van der Waals surface area contributed by atoms with Crippen molar-refractivity contribution in [1.29, 1.82) is 0 Å². The fraction of sp³-hybridized carbons (Fsp3) is 0.396. The lowest BCUT2D eigenvalue weighted by Crippen LogP contribution is -2.31. The van der Waals surface area contributed by atoms with Crippen molar-refractivity contribution in [3.63, 3.8) is 0 Å². The molecule has 8 atom stereocenters. The van der Waals surface area contributed by atoms with Crippen LogP contribution in [-0.2, 0) is 47.6 Å². The molecular formula is C53H62O18. The first-order valence-corrected chi connectivity index (χ1v) is 23.1. The predicted octanol–water partition coefficient (Wildman–Crippen LogP) is 3.76. The fourth-order valence-corrected chi connectivity index (χ4v) is 7.22. The molecule has 0 bridgehead atoms. The lowest BCUT2D eigenvalue weighted by molar-refractivity contribution is -0.142. The summed E-state index contributed by atoms with van der Waals surface area (Å²) in [5.74, 6) is -0.114. The first-order valence-electron chi connectivity index (χ1n) is 23.1. The number of fused-ring (bicyclic) bond motifs is 2. The van der Waals surface area contributed by atoms with Crippen molar-refractivity contribution in [3.05, 3.63) is 145 Å². The third-order valence-corrected chi connectivity index (χ3v) is 11.1. The number of carbonyl (C=O) groups is 4. The molecule has 18 nitrogen and oxygen atoms in total. The van der Waals surface area contributed by atoms with E-state index in [1.807, 2.05) is 24.3 Å². The van der Waals surface area contributed by atoms with Crippen LogP contribution in [0.15, 0.2) is 133 Å². The first kappa shape index (κ1) is 55.1. The minimum absolute atomic E-state index is 0.0236. The van der Waals surface area contributed by atoms with Gasteiger partial charge in [-0.1, -0.05) is 61.7 Å². The molecule has 0 aromatic heterocycles. The van der Waals surface area contributed by atoms with Crippen molar-refractivity contribution in [2.75, 3.05) is 52.9 Å². The quantitative estimate of drug-likeness (QED) is 0.0445. The van der Waals surface area contributed by atoms with E-state index in [4.69, 9.17) is 48.1 Å². The summed E-state index contributed by atoms with van der Waals surface area (Å²) >= 11 is 0. The number of ether oxygens (including phenoxy) is 8. The SMILES string of the molecule is C=C(C)C(=O)OCCC(O)C(O)CCOC1=CC2OC(=O)C(c3ccc(OCCO)cc3)=CC2C=C1.C=CC(=O)OCCC(O)C(O)CCOC1=CC2OC(=O)C(c3ccc(OCCO)cc3)=CC2C=C1. The molecule has 0 spiro atoms. The summed E-state index contributed by atoms with van der Waals surface area (Å²) in [7, 11) is 0. The van der Waals surface area contributed by atoms with Gasteiger partial charge in [0.25, 0.3) is 0 Å². The molecule has 0 radical (unpaired) electrons. The van der Waals surface area contributed by atoms with Crippen LogP contribution >= 0.6 is 0 Å². The van der Waals surface area contributed by atoms with E-state index in [1.54, 1.807) is 72.8 Å². The van der Waals surface area contributed by atoms with E-state index in [-0.39, 0.29) is 95.9 Å². The zero-order chi connectivity index (χ0) is 51.3. The van der Waals surface area contributed by atoms with Crippen LogP contribution in [-0.4, -0.2) is 144 Å². The van der Waals surface area contributed by atoms with Crippen LogP contribution in [0, 0.1) is 11.8 Å². The Kier molecular flexibility index (Phi) is 21.9. The van der Waals surface area contributed by atoms with Gasteiger partial charge in [-0.05, 0) is 66.6 Å². The number of aliphatic hydroxyl groups is 6. The largest absolute Gasteiger partial charge is 0.494 e. The minimum Gasteiger partial charge on any atom is -0.494 e. The summed E-state index contributed by atoms with van der Waals surface area (Å²) in [5, 5.41) is 57.9. The summed E-state index contributed by atoms with van der Waals surface area (Å²) in [6.45, 7) is 8.75. The lowest BCUT2D eigenvalue weighted by atomic mass is 9.90. The third kappa shape index (κ3) is 17.2. The summed E-state index contributed by atoms with van der Waals surface area (Å²) < 4.78 is 43.0.